The van der Waals surface area contributed by atoms with Gasteiger partial charge in [0.1, 0.15) is 10.7 Å². The first-order chi connectivity index (χ1) is 25.0. The third kappa shape index (κ3) is 8.82. The van der Waals surface area contributed by atoms with Crippen LogP contribution in [0.15, 0.2) is 83.4 Å². The van der Waals surface area contributed by atoms with Crippen molar-refractivity contribution in [1.82, 2.24) is 10.2 Å². The number of ether oxygens (including phenoxy) is 3. The molecule has 0 aliphatic carbocycles. The van der Waals surface area contributed by atoms with Crippen molar-refractivity contribution in [2.75, 3.05) is 38.5 Å². The lowest BCUT2D eigenvalue weighted by molar-refractivity contribution is -0.129. The Morgan fingerprint density at radius 2 is 1.67 bits per heavy atom. The van der Waals surface area contributed by atoms with Crippen LogP contribution in [0.2, 0.25) is 0 Å². The van der Waals surface area contributed by atoms with Gasteiger partial charge in [0.2, 0.25) is 11.8 Å². The summed E-state index contributed by atoms with van der Waals surface area (Å²) < 4.78 is 16.0. The minimum absolute atomic E-state index is 0.0438. The SMILES string of the molecule is COC(=O)c1c(NC(=O)C(C)Sc2cccc(NC(=O)/C(=C\c3cccc(OC)c3OC)NC(=O)c3ccccc3)c2)sc2c1CCN(C(C)=O)C2. The molecule has 0 saturated heterocycles. The molecule has 0 saturated carbocycles. The summed E-state index contributed by atoms with van der Waals surface area (Å²) in [5.74, 6) is -1.19. The van der Waals surface area contributed by atoms with Crippen LogP contribution >= 0.6 is 23.1 Å². The molecule has 1 aromatic heterocycles. The van der Waals surface area contributed by atoms with Crippen LogP contribution in [0.25, 0.3) is 6.08 Å². The fraction of sp³-hybridized carbons (Fsp3) is 0.237. The number of nitrogens with zero attached hydrogens (tertiary/aromatic N) is 1. The van der Waals surface area contributed by atoms with E-state index in [4.69, 9.17) is 14.2 Å². The molecule has 14 heteroatoms. The molecule has 1 atom stereocenters. The van der Waals surface area contributed by atoms with Crippen LogP contribution < -0.4 is 25.4 Å². The number of benzene rings is 3. The molecular formula is C38H38N4O8S2. The number of methoxy groups -OCH3 is 3. The standard InChI is InChI=1S/C38H38N4O8S2/c1-22(34(44)41-37-32(38(47)50-5)28-17-18-42(23(2)43)21-31(28)52-37)51-27-15-10-14-26(20-27)39-36(46)29(40-35(45)24-11-7-6-8-12-24)19-25-13-9-16-30(48-3)33(25)49-4/h6-16,19-20,22H,17-18,21H2,1-5H3,(H,39,46)(H,40,45)(H,41,44)/b29-19+. The molecule has 1 aliphatic heterocycles. The van der Waals surface area contributed by atoms with Gasteiger partial charge in [0.15, 0.2) is 11.5 Å². The molecule has 1 unspecified atom stereocenters. The highest BCUT2D eigenvalue weighted by Crippen LogP contribution is 2.38. The molecule has 3 N–H and O–H groups in total. The van der Waals surface area contributed by atoms with Crippen LogP contribution in [0.3, 0.4) is 0 Å². The number of anilines is 2. The summed E-state index contributed by atoms with van der Waals surface area (Å²) in [6.07, 6.45) is 1.99. The second-order valence-corrected chi connectivity index (χ2v) is 14.1. The smallest absolute Gasteiger partial charge is 0.341 e. The van der Waals surface area contributed by atoms with Gasteiger partial charge in [0.05, 0.1) is 38.7 Å². The van der Waals surface area contributed by atoms with Crippen molar-refractivity contribution in [1.29, 1.82) is 0 Å². The Labute approximate surface area is 309 Å². The summed E-state index contributed by atoms with van der Waals surface area (Å²) in [7, 11) is 4.28. The predicted octanol–water partition coefficient (Wildman–Crippen LogP) is 5.99. The van der Waals surface area contributed by atoms with Gasteiger partial charge in [-0.1, -0.05) is 36.4 Å². The minimum atomic E-state index is -0.606. The van der Waals surface area contributed by atoms with Gasteiger partial charge in [-0.3, -0.25) is 19.2 Å². The summed E-state index contributed by atoms with van der Waals surface area (Å²) in [4.78, 5) is 68.3. The number of esters is 1. The second-order valence-electron chi connectivity index (χ2n) is 11.6. The molecule has 2 heterocycles. The van der Waals surface area contributed by atoms with Gasteiger partial charge in [-0.15, -0.1) is 23.1 Å². The number of hydrogen-bond donors (Lipinski definition) is 3. The summed E-state index contributed by atoms with van der Waals surface area (Å²) in [5.41, 5.74) is 2.35. The monoisotopic (exact) mass is 742 g/mol. The Hall–Kier alpha value is -5.60. The lowest BCUT2D eigenvalue weighted by atomic mass is 10.0. The van der Waals surface area contributed by atoms with Crippen LogP contribution in [-0.2, 0) is 32.1 Å². The van der Waals surface area contributed by atoms with Crippen LogP contribution in [0, 0.1) is 0 Å². The number of carbonyl (C=O) groups is 5. The zero-order valence-corrected chi connectivity index (χ0v) is 30.9. The number of carbonyl (C=O) groups excluding carboxylic acids is 5. The maximum absolute atomic E-state index is 13.7. The zero-order valence-electron chi connectivity index (χ0n) is 29.2. The van der Waals surface area contributed by atoms with E-state index >= 15 is 0 Å². The van der Waals surface area contributed by atoms with Crippen LogP contribution in [0.1, 0.15) is 50.6 Å². The molecule has 0 fully saturated rings. The number of fused-ring (bicyclic) bond motifs is 1. The molecule has 4 amide bonds. The molecule has 52 heavy (non-hydrogen) atoms. The number of nitrogens with one attached hydrogen (secondary N) is 3. The predicted molar refractivity (Wildman–Crippen MR) is 201 cm³/mol. The average molecular weight is 743 g/mol. The molecule has 3 aromatic carbocycles. The van der Waals surface area contributed by atoms with Gasteiger partial charge in [0.25, 0.3) is 11.8 Å². The minimum Gasteiger partial charge on any atom is -0.493 e. The number of thioether (sulfide) groups is 1. The summed E-state index contributed by atoms with van der Waals surface area (Å²) in [5, 5.41) is 8.24. The Morgan fingerprint density at radius 1 is 0.923 bits per heavy atom. The normalized spacial score (nSPS) is 12.9. The average Bonchev–Trinajstić information content (AvgIpc) is 3.51. The maximum Gasteiger partial charge on any atom is 0.341 e. The van der Waals surface area contributed by atoms with E-state index in [0.29, 0.717) is 63.3 Å². The van der Waals surface area contributed by atoms with Crippen LogP contribution in [0.4, 0.5) is 10.7 Å². The Morgan fingerprint density at radius 3 is 2.37 bits per heavy atom. The van der Waals surface area contributed by atoms with Gasteiger partial charge >= 0.3 is 5.97 Å². The third-order valence-electron chi connectivity index (χ3n) is 8.16. The van der Waals surface area contributed by atoms with Gasteiger partial charge in [-0.05, 0) is 61.4 Å². The molecular weight excluding hydrogens is 705 g/mol. The first-order valence-electron chi connectivity index (χ1n) is 16.2. The Bertz CT molecular complexity index is 2030. The van der Waals surface area contributed by atoms with Crippen molar-refractivity contribution >= 4 is 69.5 Å². The van der Waals surface area contributed by atoms with Crippen LogP contribution in [0.5, 0.6) is 11.5 Å². The fourth-order valence-electron chi connectivity index (χ4n) is 5.52. The molecule has 0 radical (unpaired) electrons. The summed E-state index contributed by atoms with van der Waals surface area (Å²) in [6, 6.07) is 20.7. The van der Waals surface area contributed by atoms with E-state index in [0.717, 1.165) is 10.4 Å². The van der Waals surface area contributed by atoms with Crippen molar-refractivity contribution in [3.05, 3.63) is 106 Å². The summed E-state index contributed by atoms with van der Waals surface area (Å²) >= 11 is 2.52. The molecule has 270 valence electrons. The van der Waals surface area contributed by atoms with Crippen molar-refractivity contribution in [3.8, 4) is 11.5 Å². The lowest BCUT2D eigenvalue weighted by Gasteiger charge is -2.25. The first kappa shape index (κ1) is 37.7. The molecule has 1 aliphatic rings. The van der Waals surface area contributed by atoms with Crippen LogP contribution in [-0.4, -0.2) is 67.6 Å². The quantitative estimate of drug-likeness (QED) is 0.0904. The van der Waals surface area contributed by atoms with E-state index in [1.54, 1.807) is 84.6 Å². The molecule has 0 spiro atoms. The van der Waals surface area contributed by atoms with Crippen molar-refractivity contribution in [2.45, 2.75) is 37.0 Å². The van der Waals surface area contributed by atoms with E-state index in [-0.39, 0.29) is 17.5 Å². The number of thiophene rings is 1. The van der Waals surface area contributed by atoms with E-state index < -0.39 is 23.0 Å². The number of hydrogen-bond acceptors (Lipinski definition) is 10. The topological polar surface area (TPSA) is 152 Å². The second kappa shape index (κ2) is 17.1. The van der Waals surface area contributed by atoms with Gasteiger partial charge in [0, 0.05) is 40.1 Å². The first-order valence-corrected chi connectivity index (χ1v) is 17.9. The largest absolute Gasteiger partial charge is 0.493 e. The van der Waals surface area contributed by atoms with E-state index in [1.165, 1.54) is 57.4 Å². The number of para-hydroxylation sites is 1. The van der Waals surface area contributed by atoms with Crippen molar-refractivity contribution < 1.29 is 38.2 Å². The molecule has 4 aromatic rings. The maximum atomic E-state index is 13.7. The molecule has 5 rings (SSSR count). The third-order valence-corrected chi connectivity index (χ3v) is 10.4. The van der Waals surface area contributed by atoms with Crippen molar-refractivity contribution in [3.63, 3.8) is 0 Å². The zero-order chi connectivity index (χ0) is 37.4. The number of amides is 4. The lowest BCUT2D eigenvalue weighted by Crippen LogP contribution is -2.33. The summed E-state index contributed by atoms with van der Waals surface area (Å²) in [6.45, 7) is 4.07. The fourth-order valence-corrected chi connectivity index (χ4v) is 7.70. The molecule has 0 bridgehead atoms. The van der Waals surface area contributed by atoms with E-state index in [9.17, 15) is 24.0 Å². The highest BCUT2D eigenvalue weighted by molar-refractivity contribution is 8.00. The highest BCUT2D eigenvalue weighted by atomic mass is 32.2. The Kier molecular flexibility index (Phi) is 12.4. The van der Waals surface area contributed by atoms with Gasteiger partial charge in [-0.25, -0.2) is 4.79 Å². The van der Waals surface area contributed by atoms with Crippen molar-refractivity contribution in [2.24, 2.45) is 0 Å². The highest BCUT2D eigenvalue weighted by Gasteiger charge is 2.31. The molecule has 12 nitrogen and oxygen atoms in total. The number of rotatable bonds is 12. The van der Waals surface area contributed by atoms with E-state index in [1.807, 2.05) is 0 Å². The van der Waals surface area contributed by atoms with Gasteiger partial charge < -0.3 is 35.1 Å². The van der Waals surface area contributed by atoms with E-state index in [2.05, 4.69) is 16.0 Å². The Balaban J connectivity index is 1.33. The van der Waals surface area contributed by atoms with Gasteiger partial charge in [-0.2, -0.15) is 0 Å².